The molecule has 0 heterocycles. The van der Waals surface area contributed by atoms with Crippen molar-refractivity contribution in [2.24, 2.45) is 0 Å². The van der Waals surface area contributed by atoms with Gasteiger partial charge in [-0.05, 0) is 0 Å². The fourth-order valence-corrected chi connectivity index (χ4v) is 0. The second-order valence-electron chi connectivity index (χ2n) is 0.0825. The van der Waals surface area contributed by atoms with Gasteiger partial charge >= 0.3 is 0 Å². The molecule has 0 bridgehead atoms. The van der Waals surface area contributed by atoms with Crippen LogP contribution < -0.4 is 0 Å². The van der Waals surface area contributed by atoms with Crippen molar-refractivity contribution in [3.05, 3.63) is 13.6 Å². The first-order valence-electron chi connectivity index (χ1n) is 0.436. The zero-order valence-electron chi connectivity index (χ0n) is 1.83. The Morgan fingerprint density at radius 2 is 1.75 bits per heavy atom. The van der Waals surface area contributed by atoms with Gasteiger partial charge in [-0.1, -0.05) is 11.6 Å². The predicted molar refractivity (Wildman–Crippen MR) is 14.5 cm³/mol. The lowest BCUT2D eigenvalue weighted by Gasteiger charge is -1.40. The van der Waals surface area contributed by atoms with Crippen LogP contribution in [0.25, 0.3) is 0 Å². The molecule has 0 aromatic rings. The van der Waals surface area contributed by atoms with E-state index in [1.807, 2.05) is 0 Å². The maximum atomic E-state index is 9.93. The molecule has 0 aliphatic carbocycles. The molecule has 0 fully saturated rings. The Kier molecular flexibility index (Phi) is 23.7. The molecule has 0 saturated heterocycles. The highest BCUT2D eigenvalue weighted by molar-refractivity contribution is 6.21. The summed E-state index contributed by atoms with van der Waals surface area (Å²) >= 11 is 4.21. The monoisotopic (exact) mass is 79.0 g/mol. The lowest BCUT2D eigenvalue weighted by atomic mass is 11.8. The first-order chi connectivity index (χ1) is 1.41. The molecular weight excluding hydrogens is 78.5 g/mol. The second-order valence-corrected chi connectivity index (χ2v) is 0.247. The first kappa shape index (κ1) is 8.88. The van der Waals surface area contributed by atoms with Crippen LogP contribution in [0.4, 0.5) is 4.39 Å². The number of hydrogen-bond donors (Lipinski definition) is 0. The first-order valence-corrected chi connectivity index (χ1v) is 0.873. The molecular formula is C2HClF. The van der Waals surface area contributed by atoms with Gasteiger partial charge in [-0.25, -0.2) is 4.39 Å². The fraction of sp³-hybridized carbons (Fsp3) is 0. The van der Waals surface area contributed by atoms with Crippen LogP contribution >= 0.6 is 11.6 Å². The van der Waals surface area contributed by atoms with Crippen LogP contribution in [0, 0.1) is 13.6 Å². The highest BCUT2D eigenvalue weighted by Crippen LogP contribution is 1.76. The maximum Gasteiger partial charge on any atom is 0.218 e. The lowest BCUT2D eigenvalue weighted by molar-refractivity contribution is 0.685. The molecule has 0 aliphatic heterocycles. The van der Waals surface area contributed by atoms with E-state index in [1.54, 1.807) is 0 Å². The SMILES string of the molecule is F[CH]Cl.[C]. The van der Waals surface area contributed by atoms with E-state index in [0.29, 0.717) is 0 Å². The predicted octanol–water partition coefficient (Wildman–Crippen LogP) is 1.40. The topological polar surface area (TPSA) is 0 Å². The van der Waals surface area contributed by atoms with Gasteiger partial charge in [0.25, 0.3) is 0 Å². The normalized spacial score (nSPS) is 4.50. The Balaban J connectivity index is 0. The van der Waals surface area contributed by atoms with E-state index in [9.17, 15) is 4.39 Å². The van der Waals surface area contributed by atoms with Crippen LogP contribution in [0.5, 0.6) is 0 Å². The van der Waals surface area contributed by atoms with Crippen molar-refractivity contribution in [1.29, 1.82) is 0 Å². The molecule has 0 amide bonds. The van der Waals surface area contributed by atoms with Gasteiger partial charge in [-0.2, -0.15) is 0 Å². The van der Waals surface area contributed by atoms with Crippen molar-refractivity contribution in [3.8, 4) is 0 Å². The van der Waals surface area contributed by atoms with Crippen LogP contribution in [0.3, 0.4) is 0 Å². The Bertz CT molecular complexity index is 6.00. The highest BCUT2D eigenvalue weighted by atomic mass is 35.5. The van der Waals surface area contributed by atoms with Crippen LogP contribution in [0.15, 0.2) is 0 Å². The van der Waals surface area contributed by atoms with Gasteiger partial charge < -0.3 is 0 Å². The summed E-state index contributed by atoms with van der Waals surface area (Å²) in [5.41, 5.74) is 0. The van der Waals surface area contributed by atoms with Gasteiger partial charge in [0.05, 0.1) is 0 Å². The summed E-state index contributed by atoms with van der Waals surface area (Å²) in [6.45, 7) is 0. The number of rotatable bonds is 0. The summed E-state index contributed by atoms with van der Waals surface area (Å²) in [7, 11) is 0. The second kappa shape index (κ2) is 10.7. The van der Waals surface area contributed by atoms with Crippen molar-refractivity contribution >= 4 is 11.6 Å². The number of halogens is 2. The summed E-state index contributed by atoms with van der Waals surface area (Å²) in [4.78, 5) is 0. The molecule has 5 radical (unpaired) electrons. The van der Waals surface area contributed by atoms with E-state index in [2.05, 4.69) is 11.6 Å². The Morgan fingerprint density at radius 3 is 1.75 bits per heavy atom. The minimum Gasteiger partial charge on any atom is -0.225 e. The summed E-state index contributed by atoms with van der Waals surface area (Å²) in [6.07, 6.45) is -0.0278. The molecule has 0 aromatic heterocycles. The minimum atomic E-state index is -0.0278. The third kappa shape index (κ3) is 68.3. The van der Waals surface area contributed by atoms with E-state index in [0.717, 1.165) is 0 Å². The van der Waals surface area contributed by atoms with Gasteiger partial charge in [0, 0.05) is 7.43 Å². The third-order valence-electron chi connectivity index (χ3n) is 0. The lowest BCUT2D eigenvalue weighted by Crippen LogP contribution is -1.12. The third-order valence-corrected chi connectivity index (χ3v) is 0. The average Bonchev–Trinajstić information content (AvgIpc) is 0.918. The zero-order chi connectivity index (χ0) is 2.71. The summed E-state index contributed by atoms with van der Waals surface area (Å²) in [6, 6.07) is 0. The summed E-state index contributed by atoms with van der Waals surface area (Å²) in [5.74, 6) is 0. The molecule has 0 spiro atoms. The Hall–Kier alpha value is 0.220. The van der Waals surface area contributed by atoms with Crippen LogP contribution in [0.1, 0.15) is 0 Å². The molecule has 0 atom stereocenters. The van der Waals surface area contributed by atoms with Crippen molar-refractivity contribution in [2.75, 3.05) is 0 Å². The quantitative estimate of drug-likeness (QED) is 0.412. The van der Waals surface area contributed by atoms with Crippen LogP contribution in [0.2, 0.25) is 0 Å². The van der Waals surface area contributed by atoms with Crippen molar-refractivity contribution in [2.45, 2.75) is 0 Å². The smallest absolute Gasteiger partial charge is 0.218 e. The molecule has 0 unspecified atom stereocenters. The van der Waals surface area contributed by atoms with Crippen LogP contribution in [-0.2, 0) is 0 Å². The van der Waals surface area contributed by atoms with Gasteiger partial charge in [0.1, 0.15) is 0 Å². The Morgan fingerprint density at radius 1 is 1.75 bits per heavy atom. The highest BCUT2D eigenvalue weighted by Gasteiger charge is 1.46. The molecule has 0 rings (SSSR count). The van der Waals surface area contributed by atoms with E-state index >= 15 is 0 Å². The van der Waals surface area contributed by atoms with E-state index in [-0.39, 0.29) is 13.6 Å². The standard InChI is InChI=1S/CHClF.C/c2-1-3;/h1H;. The van der Waals surface area contributed by atoms with E-state index in [4.69, 9.17) is 0 Å². The van der Waals surface area contributed by atoms with Crippen molar-refractivity contribution in [1.82, 2.24) is 0 Å². The van der Waals surface area contributed by atoms with Gasteiger partial charge in [-0.3, -0.25) is 0 Å². The Labute approximate surface area is 30.6 Å². The molecule has 0 aromatic carbocycles. The molecule has 0 N–H and O–H groups in total. The van der Waals surface area contributed by atoms with Crippen LogP contribution in [-0.4, -0.2) is 0 Å². The van der Waals surface area contributed by atoms with Crippen molar-refractivity contribution < 1.29 is 4.39 Å². The molecule has 0 nitrogen and oxygen atoms in total. The zero-order valence-corrected chi connectivity index (χ0v) is 2.59. The summed E-state index contributed by atoms with van der Waals surface area (Å²) < 4.78 is 9.93. The summed E-state index contributed by atoms with van der Waals surface area (Å²) in [5, 5.41) is 0. The molecule has 23 valence electrons. The largest absolute Gasteiger partial charge is 0.225 e. The average molecular weight is 79.5 g/mol. The van der Waals surface area contributed by atoms with Gasteiger partial charge in [0.2, 0.25) is 6.13 Å². The molecule has 2 heteroatoms. The van der Waals surface area contributed by atoms with Crippen molar-refractivity contribution in [3.63, 3.8) is 0 Å². The van der Waals surface area contributed by atoms with Gasteiger partial charge in [-0.15, -0.1) is 0 Å². The molecule has 0 saturated carbocycles. The number of hydrogen-bond acceptors (Lipinski definition) is 0. The fourth-order valence-electron chi connectivity index (χ4n) is 0. The van der Waals surface area contributed by atoms with E-state index < -0.39 is 0 Å². The van der Waals surface area contributed by atoms with E-state index in [1.165, 1.54) is 0 Å². The molecule has 0 aliphatic rings. The molecule has 4 heavy (non-hydrogen) atoms. The van der Waals surface area contributed by atoms with Gasteiger partial charge in [0.15, 0.2) is 0 Å². The maximum absolute atomic E-state index is 9.93. The minimum absolute atomic E-state index is 0.